The maximum Gasteiger partial charge on any atom is 0.416 e. The summed E-state index contributed by atoms with van der Waals surface area (Å²) >= 11 is 0. The van der Waals surface area contributed by atoms with Crippen molar-refractivity contribution in [3.05, 3.63) is 113 Å². The van der Waals surface area contributed by atoms with Crippen LogP contribution in [0.4, 0.5) is 13.2 Å². The third-order valence-electron chi connectivity index (χ3n) is 5.86. The number of benzene rings is 3. The second kappa shape index (κ2) is 7.39. The first-order valence-corrected chi connectivity index (χ1v) is 10.0. The number of hydrogen-bond acceptors (Lipinski definition) is 2. The Hall–Kier alpha value is -3.38. The molecule has 0 aromatic heterocycles. The smallest absolute Gasteiger partial charge is 0.273 e. The lowest BCUT2D eigenvalue weighted by Crippen LogP contribution is -2.34. The molecule has 2 aliphatic heterocycles. The molecule has 2 heterocycles. The third kappa shape index (κ3) is 3.43. The largest absolute Gasteiger partial charge is 0.416 e. The number of nitrogens with zero attached hydrogens (tertiary/aromatic N) is 2. The molecule has 0 N–H and O–H groups in total. The van der Waals surface area contributed by atoms with Gasteiger partial charge in [-0.15, -0.1) is 0 Å². The quantitative estimate of drug-likeness (QED) is 0.520. The van der Waals surface area contributed by atoms with E-state index in [1.807, 2.05) is 65.7 Å². The van der Waals surface area contributed by atoms with Crippen LogP contribution in [-0.2, 0) is 11.0 Å². The molecule has 1 saturated heterocycles. The van der Waals surface area contributed by atoms with Gasteiger partial charge in [-0.1, -0.05) is 72.8 Å². The lowest BCUT2D eigenvalue weighted by molar-refractivity contribution is -0.137. The van der Waals surface area contributed by atoms with Crippen molar-refractivity contribution >= 4 is 11.5 Å². The summed E-state index contributed by atoms with van der Waals surface area (Å²) in [5, 5.41) is 3.67. The Morgan fingerprint density at radius 1 is 0.774 bits per heavy atom. The van der Waals surface area contributed by atoms with Crippen LogP contribution in [0.15, 0.2) is 91.1 Å². The normalized spacial score (nSPS) is 21.3. The van der Waals surface area contributed by atoms with Crippen LogP contribution in [0.3, 0.4) is 0 Å². The Labute approximate surface area is 178 Å². The first-order chi connectivity index (χ1) is 14.9. The maximum absolute atomic E-state index is 13.0. The zero-order chi connectivity index (χ0) is 21.6. The van der Waals surface area contributed by atoms with Gasteiger partial charge in [-0.2, -0.15) is 18.2 Å². The van der Waals surface area contributed by atoms with E-state index in [2.05, 4.69) is 0 Å². The Balaban J connectivity index is 1.60. The summed E-state index contributed by atoms with van der Waals surface area (Å²) in [5.41, 5.74) is 2.78. The van der Waals surface area contributed by atoms with Crippen LogP contribution in [0.25, 0.3) is 5.57 Å². The number of rotatable bonds is 3. The molecule has 0 aliphatic carbocycles. The molecule has 3 nitrogen and oxygen atoms in total. The molecule has 3 aromatic carbocycles. The van der Waals surface area contributed by atoms with Crippen LogP contribution in [0, 0.1) is 0 Å². The number of carbonyl (C=O) groups is 1. The minimum Gasteiger partial charge on any atom is -0.273 e. The van der Waals surface area contributed by atoms with E-state index in [9.17, 15) is 18.0 Å². The van der Waals surface area contributed by atoms with E-state index >= 15 is 0 Å². The summed E-state index contributed by atoms with van der Waals surface area (Å²) in [7, 11) is 0. The summed E-state index contributed by atoms with van der Waals surface area (Å²) in [4.78, 5) is 12.9. The highest BCUT2D eigenvalue weighted by atomic mass is 19.4. The lowest BCUT2D eigenvalue weighted by Gasteiger charge is -2.32. The number of halogens is 3. The van der Waals surface area contributed by atoms with Gasteiger partial charge in [0.25, 0.3) is 0 Å². The number of fused-ring (bicyclic) bond motifs is 1. The molecular formula is C25H19F3N2O. The van der Waals surface area contributed by atoms with Gasteiger partial charge in [0.05, 0.1) is 24.1 Å². The van der Waals surface area contributed by atoms with Crippen LogP contribution >= 0.6 is 0 Å². The van der Waals surface area contributed by atoms with Gasteiger partial charge in [0.15, 0.2) is 0 Å². The molecule has 0 bridgehead atoms. The monoisotopic (exact) mass is 420 g/mol. The van der Waals surface area contributed by atoms with Crippen LogP contribution in [-0.4, -0.2) is 15.9 Å². The first kappa shape index (κ1) is 19.6. The molecule has 1 fully saturated rings. The van der Waals surface area contributed by atoms with Gasteiger partial charge in [0, 0.05) is 11.8 Å². The molecule has 0 unspecified atom stereocenters. The molecular weight excluding hydrogens is 401 g/mol. The summed E-state index contributed by atoms with van der Waals surface area (Å²) in [6, 6.07) is 24.3. The fourth-order valence-electron chi connectivity index (χ4n) is 4.42. The molecule has 5 rings (SSSR count). The van der Waals surface area contributed by atoms with Crippen molar-refractivity contribution in [2.75, 3.05) is 0 Å². The van der Waals surface area contributed by atoms with Gasteiger partial charge < -0.3 is 0 Å². The molecule has 0 radical (unpaired) electrons. The van der Waals surface area contributed by atoms with Gasteiger partial charge in [-0.05, 0) is 28.8 Å². The Bertz CT molecular complexity index is 1120. The Morgan fingerprint density at radius 2 is 1.35 bits per heavy atom. The second-order valence-corrected chi connectivity index (χ2v) is 7.72. The number of hydrogen-bond donors (Lipinski definition) is 0. The van der Waals surface area contributed by atoms with Crippen LogP contribution < -0.4 is 0 Å². The van der Waals surface area contributed by atoms with E-state index in [4.69, 9.17) is 0 Å². The highest BCUT2D eigenvalue weighted by Gasteiger charge is 2.48. The van der Waals surface area contributed by atoms with Crippen molar-refractivity contribution in [3.63, 3.8) is 0 Å². The zero-order valence-electron chi connectivity index (χ0n) is 16.5. The van der Waals surface area contributed by atoms with E-state index in [-0.39, 0.29) is 18.0 Å². The van der Waals surface area contributed by atoms with Gasteiger partial charge in [0.2, 0.25) is 5.91 Å². The summed E-state index contributed by atoms with van der Waals surface area (Å²) in [5.74, 6) is -0.0308. The van der Waals surface area contributed by atoms with Crippen molar-refractivity contribution in [2.45, 2.75) is 24.7 Å². The third-order valence-corrected chi connectivity index (χ3v) is 5.86. The fraction of sp³-hybridized carbons (Fsp3) is 0.160. The van der Waals surface area contributed by atoms with Crippen molar-refractivity contribution in [3.8, 4) is 0 Å². The molecule has 0 spiro atoms. The number of amides is 1. The van der Waals surface area contributed by atoms with E-state index in [1.54, 1.807) is 11.2 Å². The maximum atomic E-state index is 13.0. The van der Waals surface area contributed by atoms with E-state index in [0.29, 0.717) is 12.0 Å². The molecule has 0 saturated carbocycles. The molecule has 31 heavy (non-hydrogen) atoms. The Kier molecular flexibility index (Phi) is 4.67. The predicted molar refractivity (Wildman–Crippen MR) is 111 cm³/mol. The average Bonchev–Trinajstić information content (AvgIpc) is 3.32. The van der Waals surface area contributed by atoms with Crippen molar-refractivity contribution < 1.29 is 18.0 Å². The molecule has 2 atom stereocenters. The van der Waals surface area contributed by atoms with Crippen LogP contribution in [0.5, 0.6) is 0 Å². The standard InChI is InChI=1S/C25H19F3N2O/c26-25(27,28)20-13-11-17(12-14-20)21-16-29-23(31)15-22(18-7-3-1-4-8-18)30(29)24(21)19-9-5-2-6-10-19/h1-14,16,22,24H,15H2/t22-,24-/m1/s1. The van der Waals surface area contributed by atoms with Crippen LogP contribution in [0.2, 0.25) is 0 Å². The average molecular weight is 420 g/mol. The van der Waals surface area contributed by atoms with E-state index in [1.165, 1.54) is 12.1 Å². The SMILES string of the molecule is O=C1C[C@H](c2ccccc2)N2[C@H](c3ccccc3)C(c3ccc(C(F)(F)F)cc3)=CN12. The summed E-state index contributed by atoms with van der Waals surface area (Å²) in [6.07, 6.45) is -2.27. The van der Waals surface area contributed by atoms with Crippen molar-refractivity contribution in [2.24, 2.45) is 0 Å². The molecule has 3 aromatic rings. The van der Waals surface area contributed by atoms with Gasteiger partial charge >= 0.3 is 6.18 Å². The molecule has 1 amide bonds. The van der Waals surface area contributed by atoms with Gasteiger partial charge in [0.1, 0.15) is 0 Å². The van der Waals surface area contributed by atoms with E-state index < -0.39 is 11.7 Å². The van der Waals surface area contributed by atoms with Crippen LogP contribution in [0.1, 0.15) is 40.8 Å². The molecule has 156 valence electrons. The van der Waals surface area contributed by atoms with Gasteiger partial charge in [-0.25, -0.2) is 5.01 Å². The minimum absolute atomic E-state index is 0.0308. The number of carbonyl (C=O) groups excluding carboxylic acids is 1. The lowest BCUT2D eigenvalue weighted by atomic mass is 9.91. The molecule has 6 heteroatoms. The topological polar surface area (TPSA) is 23.6 Å². The van der Waals surface area contributed by atoms with E-state index in [0.717, 1.165) is 28.8 Å². The number of alkyl halides is 3. The fourth-order valence-corrected chi connectivity index (χ4v) is 4.42. The van der Waals surface area contributed by atoms with Crippen molar-refractivity contribution in [1.82, 2.24) is 10.0 Å². The number of hydrazine groups is 1. The summed E-state index contributed by atoms with van der Waals surface area (Å²) < 4.78 is 39.1. The zero-order valence-corrected chi connectivity index (χ0v) is 16.5. The Morgan fingerprint density at radius 3 is 1.94 bits per heavy atom. The van der Waals surface area contributed by atoms with Crippen molar-refractivity contribution in [1.29, 1.82) is 0 Å². The summed E-state index contributed by atoms with van der Waals surface area (Å²) in [6.45, 7) is 0. The van der Waals surface area contributed by atoms with Gasteiger partial charge in [-0.3, -0.25) is 4.79 Å². The highest BCUT2D eigenvalue weighted by molar-refractivity contribution is 5.85. The first-order valence-electron chi connectivity index (χ1n) is 10.0. The predicted octanol–water partition coefficient (Wildman–Crippen LogP) is 5.99. The second-order valence-electron chi connectivity index (χ2n) is 7.72. The minimum atomic E-state index is -4.39. The highest BCUT2D eigenvalue weighted by Crippen LogP contribution is 2.50. The molecule has 2 aliphatic rings.